The van der Waals surface area contributed by atoms with Crippen molar-refractivity contribution in [1.29, 1.82) is 0 Å². The van der Waals surface area contributed by atoms with Crippen molar-refractivity contribution in [2.45, 2.75) is 58.2 Å². The molecule has 31 heavy (non-hydrogen) atoms. The first-order valence-corrected chi connectivity index (χ1v) is 11.1. The highest BCUT2D eigenvalue weighted by Crippen LogP contribution is 2.30. The van der Waals surface area contributed by atoms with Crippen LogP contribution in [0.2, 0.25) is 0 Å². The van der Waals surface area contributed by atoms with Crippen molar-refractivity contribution >= 4 is 11.7 Å². The summed E-state index contributed by atoms with van der Waals surface area (Å²) in [6.07, 6.45) is 5.27. The molecule has 8 heteroatoms. The van der Waals surface area contributed by atoms with Crippen LogP contribution in [-0.4, -0.2) is 47.2 Å². The van der Waals surface area contributed by atoms with E-state index in [0.29, 0.717) is 29.6 Å². The fourth-order valence-corrected chi connectivity index (χ4v) is 4.29. The first-order valence-electron chi connectivity index (χ1n) is 11.1. The van der Waals surface area contributed by atoms with Gasteiger partial charge in [-0.2, -0.15) is 0 Å². The molecule has 1 aliphatic carbocycles. The average Bonchev–Trinajstić information content (AvgIpc) is 3.21. The van der Waals surface area contributed by atoms with Gasteiger partial charge in [-0.1, -0.05) is 12.1 Å². The number of aryl methyl sites for hydroxylation is 1. The molecule has 166 valence electrons. The van der Waals surface area contributed by atoms with Crippen LogP contribution in [0.15, 0.2) is 30.5 Å². The molecule has 3 unspecified atom stereocenters. The van der Waals surface area contributed by atoms with Gasteiger partial charge in [0.1, 0.15) is 11.6 Å². The van der Waals surface area contributed by atoms with Crippen LogP contribution in [0, 0.1) is 12.8 Å². The standard InChI is InChI=1S/C23H32N6O2/c1-14(2)26-21(30)13-31-19-6-4-5-16(10-19)23-24-11-15(3)22(28-23)27-18-7-8-20-17(9-18)12-25-29-20/h4-6,10-11,14,17-18,20,25,29H,7-9,12-13H2,1-3H3,(H,26,30)(H,24,27,28). The van der Waals surface area contributed by atoms with Gasteiger partial charge in [-0.3, -0.25) is 15.6 Å². The van der Waals surface area contributed by atoms with Crippen LogP contribution in [0.3, 0.4) is 0 Å². The number of rotatable bonds is 7. The van der Waals surface area contributed by atoms with Crippen molar-refractivity contribution in [1.82, 2.24) is 26.1 Å². The molecule has 1 saturated heterocycles. The van der Waals surface area contributed by atoms with Crippen LogP contribution >= 0.6 is 0 Å². The van der Waals surface area contributed by atoms with Gasteiger partial charge in [0.05, 0.1) is 0 Å². The molecule has 2 heterocycles. The maximum Gasteiger partial charge on any atom is 0.258 e. The van der Waals surface area contributed by atoms with E-state index >= 15 is 0 Å². The number of carbonyl (C=O) groups is 1. The summed E-state index contributed by atoms with van der Waals surface area (Å²) in [7, 11) is 0. The number of benzene rings is 1. The van der Waals surface area contributed by atoms with E-state index in [1.807, 2.05) is 51.2 Å². The van der Waals surface area contributed by atoms with Gasteiger partial charge in [0.25, 0.3) is 5.91 Å². The summed E-state index contributed by atoms with van der Waals surface area (Å²) in [6, 6.07) is 8.65. The predicted octanol–water partition coefficient (Wildman–Crippen LogP) is 2.41. The zero-order valence-corrected chi connectivity index (χ0v) is 18.4. The quantitative estimate of drug-likeness (QED) is 0.542. The van der Waals surface area contributed by atoms with E-state index in [4.69, 9.17) is 9.72 Å². The maximum atomic E-state index is 11.8. The topological polar surface area (TPSA) is 100 Å². The monoisotopic (exact) mass is 424 g/mol. The number of fused-ring (bicyclic) bond motifs is 1. The number of nitrogens with zero attached hydrogens (tertiary/aromatic N) is 2. The third-order valence-electron chi connectivity index (χ3n) is 5.86. The van der Waals surface area contributed by atoms with E-state index in [1.165, 1.54) is 0 Å². The van der Waals surface area contributed by atoms with E-state index in [2.05, 4.69) is 26.5 Å². The Kier molecular flexibility index (Phi) is 6.67. The number of carbonyl (C=O) groups excluding carboxylic acids is 1. The molecule has 2 aromatic rings. The molecule has 1 aromatic carbocycles. The molecular formula is C23H32N6O2. The van der Waals surface area contributed by atoms with Crippen molar-refractivity contribution in [3.63, 3.8) is 0 Å². The lowest BCUT2D eigenvalue weighted by Gasteiger charge is -2.31. The van der Waals surface area contributed by atoms with Crippen LogP contribution in [0.25, 0.3) is 11.4 Å². The number of nitrogens with one attached hydrogen (secondary N) is 4. The highest BCUT2D eigenvalue weighted by atomic mass is 16.5. The number of hydrazine groups is 1. The minimum absolute atomic E-state index is 0.0171. The van der Waals surface area contributed by atoms with Gasteiger partial charge in [-0.25, -0.2) is 9.97 Å². The van der Waals surface area contributed by atoms with E-state index < -0.39 is 0 Å². The van der Waals surface area contributed by atoms with Gasteiger partial charge < -0.3 is 15.4 Å². The summed E-state index contributed by atoms with van der Waals surface area (Å²) in [4.78, 5) is 21.2. The molecule has 4 rings (SSSR count). The zero-order chi connectivity index (χ0) is 21.8. The molecule has 1 aromatic heterocycles. The third kappa shape index (κ3) is 5.51. The molecule has 8 nitrogen and oxygen atoms in total. The molecule has 0 bridgehead atoms. The highest BCUT2D eigenvalue weighted by molar-refractivity contribution is 5.77. The van der Waals surface area contributed by atoms with Crippen LogP contribution < -0.4 is 26.2 Å². The Bertz CT molecular complexity index is 919. The molecule has 3 atom stereocenters. The number of hydrogen-bond acceptors (Lipinski definition) is 7. The lowest BCUT2D eigenvalue weighted by Crippen LogP contribution is -2.39. The Morgan fingerprint density at radius 3 is 3.03 bits per heavy atom. The normalized spacial score (nSPS) is 22.8. The second kappa shape index (κ2) is 9.62. The summed E-state index contributed by atoms with van der Waals surface area (Å²) in [6.45, 7) is 6.89. The van der Waals surface area contributed by atoms with Crippen molar-refractivity contribution in [2.75, 3.05) is 18.5 Å². The fourth-order valence-electron chi connectivity index (χ4n) is 4.29. The zero-order valence-electron chi connectivity index (χ0n) is 18.4. The van der Waals surface area contributed by atoms with Gasteiger partial charge in [-0.05, 0) is 58.1 Å². The number of amides is 1. The molecule has 1 saturated carbocycles. The molecule has 1 aliphatic heterocycles. The minimum Gasteiger partial charge on any atom is -0.484 e. The predicted molar refractivity (Wildman–Crippen MR) is 121 cm³/mol. The Hall–Kier alpha value is -2.71. The van der Waals surface area contributed by atoms with E-state index in [9.17, 15) is 4.79 Å². The van der Waals surface area contributed by atoms with Gasteiger partial charge in [0.15, 0.2) is 12.4 Å². The van der Waals surface area contributed by atoms with Crippen molar-refractivity contribution in [3.8, 4) is 17.1 Å². The molecular weight excluding hydrogens is 392 g/mol. The second-order valence-corrected chi connectivity index (χ2v) is 8.81. The van der Waals surface area contributed by atoms with Gasteiger partial charge in [-0.15, -0.1) is 0 Å². The summed E-state index contributed by atoms with van der Waals surface area (Å²) in [5.74, 6) is 2.67. The minimum atomic E-state index is -0.138. The number of ether oxygens (including phenoxy) is 1. The molecule has 0 spiro atoms. The summed E-state index contributed by atoms with van der Waals surface area (Å²) in [5, 5.41) is 6.47. The number of aromatic nitrogens is 2. The summed E-state index contributed by atoms with van der Waals surface area (Å²) < 4.78 is 5.65. The molecule has 2 aliphatic rings. The Morgan fingerprint density at radius 1 is 1.32 bits per heavy atom. The third-order valence-corrected chi connectivity index (χ3v) is 5.86. The van der Waals surface area contributed by atoms with Gasteiger partial charge in [0, 0.05) is 42.0 Å². The van der Waals surface area contributed by atoms with Gasteiger partial charge >= 0.3 is 0 Å². The molecule has 1 amide bonds. The lowest BCUT2D eigenvalue weighted by molar-refractivity contribution is -0.123. The van der Waals surface area contributed by atoms with E-state index in [1.54, 1.807) is 0 Å². The molecule has 4 N–H and O–H groups in total. The Labute approximate surface area is 183 Å². The van der Waals surface area contributed by atoms with Crippen LogP contribution in [0.1, 0.15) is 38.7 Å². The molecule has 2 fully saturated rings. The highest BCUT2D eigenvalue weighted by Gasteiger charge is 2.33. The van der Waals surface area contributed by atoms with Crippen molar-refractivity contribution < 1.29 is 9.53 Å². The Morgan fingerprint density at radius 2 is 2.19 bits per heavy atom. The van der Waals surface area contributed by atoms with E-state index in [-0.39, 0.29) is 18.6 Å². The SMILES string of the molecule is Cc1cnc(-c2cccc(OCC(=O)NC(C)C)c2)nc1NC1CCC2NNCC2C1. The van der Waals surface area contributed by atoms with Crippen molar-refractivity contribution in [3.05, 3.63) is 36.0 Å². The van der Waals surface area contributed by atoms with Gasteiger partial charge in [0.2, 0.25) is 0 Å². The lowest BCUT2D eigenvalue weighted by atomic mass is 9.83. The van der Waals surface area contributed by atoms with Crippen LogP contribution in [0.5, 0.6) is 5.75 Å². The Balaban J connectivity index is 1.43. The van der Waals surface area contributed by atoms with Crippen LogP contribution in [0.4, 0.5) is 5.82 Å². The maximum absolute atomic E-state index is 11.8. The smallest absolute Gasteiger partial charge is 0.258 e. The fraction of sp³-hybridized carbons (Fsp3) is 0.522. The molecule has 0 radical (unpaired) electrons. The van der Waals surface area contributed by atoms with Crippen LogP contribution in [-0.2, 0) is 4.79 Å². The van der Waals surface area contributed by atoms with E-state index in [0.717, 1.165) is 42.8 Å². The first-order chi connectivity index (χ1) is 15.0. The first kappa shape index (κ1) is 21.5. The summed E-state index contributed by atoms with van der Waals surface area (Å²) in [5.41, 5.74) is 8.55. The largest absolute Gasteiger partial charge is 0.484 e. The summed E-state index contributed by atoms with van der Waals surface area (Å²) >= 11 is 0. The average molecular weight is 425 g/mol. The number of hydrogen-bond donors (Lipinski definition) is 4. The number of anilines is 1. The second-order valence-electron chi connectivity index (χ2n) is 8.81. The van der Waals surface area contributed by atoms with Crippen molar-refractivity contribution in [2.24, 2.45) is 5.92 Å².